The number of amides is 1. The second kappa shape index (κ2) is 13.9. The van der Waals surface area contributed by atoms with Crippen LogP contribution < -0.4 is 10.6 Å². The zero-order valence-electron chi connectivity index (χ0n) is 18.7. The molecule has 2 aliphatic heterocycles. The van der Waals surface area contributed by atoms with Crippen molar-refractivity contribution in [3.05, 3.63) is 53.4 Å². The average Bonchev–Trinajstić information content (AvgIpc) is 3.22. The van der Waals surface area contributed by atoms with Crippen LogP contribution in [0.4, 0.5) is 0 Å². The number of nitrogens with zero attached hydrogens (tertiary/aromatic N) is 2. The molecule has 2 aliphatic rings. The summed E-state index contributed by atoms with van der Waals surface area (Å²) in [6.45, 7) is 5.10. The van der Waals surface area contributed by atoms with E-state index in [4.69, 9.17) is 9.26 Å². The Morgan fingerprint density at radius 1 is 1.18 bits per heavy atom. The van der Waals surface area contributed by atoms with Crippen LogP contribution in [0.5, 0.6) is 0 Å². The molecule has 0 unspecified atom stereocenters. The summed E-state index contributed by atoms with van der Waals surface area (Å²) in [6.07, 6.45) is 1.34. The van der Waals surface area contributed by atoms with Gasteiger partial charge in [-0.25, -0.2) is 0 Å². The molecule has 0 bridgehead atoms. The van der Waals surface area contributed by atoms with E-state index in [2.05, 4.69) is 20.7 Å². The number of ether oxygens (including phenoxy) is 1. The quantitative estimate of drug-likeness (QED) is 0.507. The first kappa shape index (κ1) is 27.6. The maximum absolute atomic E-state index is 12.2. The Morgan fingerprint density at radius 3 is 2.70 bits per heavy atom. The third-order valence-corrected chi connectivity index (χ3v) is 5.92. The molecule has 2 saturated heterocycles. The van der Waals surface area contributed by atoms with E-state index in [0.29, 0.717) is 25.8 Å². The molecule has 1 aromatic carbocycles. The first-order chi connectivity index (χ1) is 15.2. The zero-order valence-corrected chi connectivity index (χ0v) is 20.3. The minimum atomic E-state index is -0.575. The maximum Gasteiger partial charge on any atom is 0.224 e. The summed E-state index contributed by atoms with van der Waals surface area (Å²) in [4.78, 5) is 14.6. The van der Waals surface area contributed by atoms with E-state index in [1.54, 1.807) is 0 Å². The monoisotopic (exact) mass is 500 g/mol. The van der Waals surface area contributed by atoms with Crippen molar-refractivity contribution in [1.82, 2.24) is 20.7 Å². The van der Waals surface area contributed by atoms with Crippen LogP contribution in [-0.4, -0.2) is 72.1 Å². The number of aliphatic hydroxyl groups excluding tert-OH is 1. The molecular weight excluding hydrogens is 467 g/mol. The average molecular weight is 501 g/mol. The highest BCUT2D eigenvalue weighted by Crippen LogP contribution is 2.23. The van der Waals surface area contributed by atoms with Crippen molar-refractivity contribution in [3.63, 3.8) is 0 Å². The van der Waals surface area contributed by atoms with Crippen LogP contribution in [-0.2, 0) is 28.9 Å². The van der Waals surface area contributed by atoms with Gasteiger partial charge in [-0.2, -0.15) is 0 Å². The molecular formula is C23H34Cl2N4O4. The van der Waals surface area contributed by atoms with Crippen molar-refractivity contribution in [1.29, 1.82) is 0 Å². The minimum Gasteiger partial charge on any atom is -0.390 e. The van der Waals surface area contributed by atoms with Crippen LogP contribution in [0.2, 0.25) is 0 Å². The molecule has 2 aromatic rings. The molecule has 10 heteroatoms. The number of benzene rings is 1. The van der Waals surface area contributed by atoms with Crippen LogP contribution in [0.15, 0.2) is 40.9 Å². The highest BCUT2D eigenvalue weighted by Gasteiger charge is 2.31. The highest BCUT2D eigenvalue weighted by atomic mass is 35.5. The van der Waals surface area contributed by atoms with Gasteiger partial charge in [-0.3, -0.25) is 9.69 Å². The van der Waals surface area contributed by atoms with Gasteiger partial charge in [-0.15, -0.1) is 24.8 Å². The predicted molar refractivity (Wildman–Crippen MR) is 130 cm³/mol. The fourth-order valence-electron chi connectivity index (χ4n) is 4.19. The van der Waals surface area contributed by atoms with Crippen molar-refractivity contribution >= 4 is 30.7 Å². The van der Waals surface area contributed by atoms with Crippen LogP contribution >= 0.6 is 24.8 Å². The Bertz CT molecular complexity index is 833. The number of rotatable bonds is 8. The van der Waals surface area contributed by atoms with Crippen LogP contribution in [0.3, 0.4) is 0 Å². The summed E-state index contributed by atoms with van der Waals surface area (Å²) >= 11 is 0. The highest BCUT2D eigenvalue weighted by molar-refractivity contribution is 5.85. The van der Waals surface area contributed by atoms with Crippen molar-refractivity contribution in [3.8, 4) is 0 Å². The van der Waals surface area contributed by atoms with E-state index in [0.717, 1.165) is 56.2 Å². The summed E-state index contributed by atoms with van der Waals surface area (Å²) in [5.74, 6) is 0.802. The number of aliphatic hydroxyl groups is 1. The van der Waals surface area contributed by atoms with Gasteiger partial charge in [0, 0.05) is 45.2 Å². The Balaban J connectivity index is 0.00000193. The second-order valence-electron chi connectivity index (χ2n) is 8.42. The predicted octanol–water partition coefficient (Wildman–Crippen LogP) is 1.73. The zero-order chi connectivity index (χ0) is 21.5. The lowest BCUT2D eigenvalue weighted by atomic mass is 9.98. The van der Waals surface area contributed by atoms with Gasteiger partial charge in [-0.1, -0.05) is 35.5 Å². The van der Waals surface area contributed by atoms with Gasteiger partial charge in [0.15, 0.2) is 5.76 Å². The lowest BCUT2D eigenvalue weighted by Crippen LogP contribution is -2.46. The molecule has 0 aliphatic carbocycles. The fraction of sp³-hybridized carbons (Fsp3) is 0.565. The molecule has 0 radical (unpaired) electrons. The number of halogens is 2. The minimum absolute atomic E-state index is 0. The summed E-state index contributed by atoms with van der Waals surface area (Å²) in [7, 11) is 0. The first-order valence-corrected chi connectivity index (χ1v) is 11.2. The second-order valence-corrected chi connectivity index (χ2v) is 8.42. The van der Waals surface area contributed by atoms with E-state index >= 15 is 0 Å². The topological polar surface area (TPSA) is 99.9 Å². The van der Waals surface area contributed by atoms with Gasteiger partial charge in [0.25, 0.3) is 0 Å². The van der Waals surface area contributed by atoms with E-state index in [-0.39, 0.29) is 36.8 Å². The lowest BCUT2D eigenvalue weighted by Gasteiger charge is -2.33. The van der Waals surface area contributed by atoms with E-state index in [1.165, 1.54) is 0 Å². The van der Waals surface area contributed by atoms with E-state index in [1.807, 2.05) is 36.4 Å². The van der Waals surface area contributed by atoms with Gasteiger partial charge in [0.1, 0.15) is 6.10 Å². The van der Waals surface area contributed by atoms with Gasteiger partial charge < -0.3 is 25.0 Å². The number of piperazine rings is 1. The van der Waals surface area contributed by atoms with E-state index < -0.39 is 12.2 Å². The molecule has 2 fully saturated rings. The van der Waals surface area contributed by atoms with Gasteiger partial charge in [-0.05, 0) is 18.4 Å². The molecule has 4 rings (SSSR count). The Labute approximate surface area is 207 Å². The molecule has 0 spiro atoms. The van der Waals surface area contributed by atoms with Gasteiger partial charge in [0.05, 0.1) is 30.9 Å². The molecule has 1 amide bonds. The Hall–Kier alpha value is -1.68. The van der Waals surface area contributed by atoms with Crippen molar-refractivity contribution in [2.75, 3.05) is 32.7 Å². The number of carbonyl (C=O) groups excluding carboxylic acids is 1. The summed E-state index contributed by atoms with van der Waals surface area (Å²) in [5, 5.41) is 20.8. The first-order valence-electron chi connectivity index (χ1n) is 11.2. The van der Waals surface area contributed by atoms with Gasteiger partial charge >= 0.3 is 0 Å². The largest absolute Gasteiger partial charge is 0.390 e. The SMILES string of the molecule is Cl.Cl.O=C(Cc1ccccc1)NC[C@H]1O[C@H](Cc2cc(CN3CCNCC3)on2)CC[C@@H]1O. The summed E-state index contributed by atoms with van der Waals surface area (Å²) < 4.78 is 11.6. The Kier molecular flexibility index (Phi) is 11.6. The number of aromatic nitrogens is 1. The third kappa shape index (κ3) is 8.55. The number of nitrogens with one attached hydrogen (secondary N) is 2. The van der Waals surface area contributed by atoms with Crippen molar-refractivity contribution in [2.45, 2.75) is 50.5 Å². The summed E-state index contributed by atoms with van der Waals surface area (Å²) in [6, 6.07) is 11.6. The molecule has 33 heavy (non-hydrogen) atoms. The smallest absolute Gasteiger partial charge is 0.224 e. The molecule has 0 saturated carbocycles. The standard InChI is InChI=1S/C23H32N4O4.2ClH/c28-21-7-6-19(13-18-14-20(31-26-18)16-27-10-8-24-9-11-27)30-22(21)15-25-23(29)12-17-4-2-1-3-5-17;;/h1-5,14,19,21-22,24,28H,6-13,15-16H2,(H,25,29);2*1H/t19-,21-,22+;;/m0../s1. The molecule has 1 aromatic heterocycles. The van der Waals surface area contributed by atoms with Crippen molar-refractivity contribution < 1.29 is 19.2 Å². The number of hydrogen-bond donors (Lipinski definition) is 3. The normalized spacial score (nSPS) is 23.2. The molecule has 3 heterocycles. The molecule has 3 N–H and O–H groups in total. The molecule has 8 nitrogen and oxygen atoms in total. The number of hydrogen-bond acceptors (Lipinski definition) is 7. The fourth-order valence-corrected chi connectivity index (χ4v) is 4.19. The van der Waals surface area contributed by atoms with Crippen molar-refractivity contribution in [2.24, 2.45) is 0 Å². The molecule has 3 atom stereocenters. The van der Waals surface area contributed by atoms with Gasteiger partial charge in [0.2, 0.25) is 5.91 Å². The Morgan fingerprint density at radius 2 is 1.94 bits per heavy atom. The van der Waals surface area contributed by atoms with Crippen LogP contribution in [0, 0.1) is 0 Å². The number of carbonyl (C=O) groups is 1. The molecule has 184 valence electrons. The van der Waals surface area contributed by atoms with E-state index in [9.17, 15) is 9.90 Å². The summed E-state index contributed by atoms with van der Waals surface area (Å²) in [5.41, 5.74) is 1.84. The van der Waals surface area contributed by atoms with Crippen LogP contribution in [0.1, 0.15) is 29.9 Å². The maximum atomic E-state index is 12.2. The van der Waals surface area contributed by atoms with Crippen LogP contribution in [0.25, 0.3) is 0 Å². The third-order valence-electron chi connectivity index (χ3n) is 5.92. The lowest BCUT2D eigenvalue weighted by molar-refractivity contribution is -0.128.